The lowest BCUT2D eigenvalue weighted by molar-refractivity contribution is -0.168. The summed E-state index contributed by atoms with van der Waals surface area (Å²) >= 11 is 0. The Kier molecular flexibility index (Phi) is 2.41. The average Bonchev–Trinajstić information content (AvgIpc) is 2.80. The smallest absolute Gasteiger partial charge is 0.358 e. The zero-order valence-electron chi connectivity index (χ0n) is 13.0. The van der Waals surface area contributed by atoms with Crippen LogP contribution in [0.5, 0.6) is 0 Å². The molecular weight excluding hydrogens is 284 g/mol. The summed E-state index contributed by atoms with van der Waals surface area (Å²) in [5, 5.41) is 0. The molecule has 3 atom stereocenters. The monoisotopic (exact) mass is 302 g/mol. The lowest BCUT2D eigenvalue weighted by Gasteiger charge is -2.27. The maximum atomic E-state index is 12.3. The summed E-state index contributed by atoms with van der Waals surface area (Å²) in [5.74, 6) is -0.425. The van der Waals surface area contributed by atoms with E-state index in [0.29, 0.717) is 12.1 Å². The minimum absolute atomic E-state index is 0.0775. The Morgan fingerprint density at radius 3 is 2.91 bits per heavy atom. The molecule has 0 amide bonds. The van der Waals surface area contributed by atoms with E-state index < -0.39 is 23.2 Å². The molecule has 2 aliphatic heterocycles. The summed E-state index contributed by atoms with van der Waals surface area (Å²) in [6.45, 7) is 5.40. The lowest BCUT2D eigenvalue weighted by atomic mass is 9.85. The summed E-state index contributed by atoms with van der Waals surface area (Å²) in [7, 11) is 1.92. The molecule has 116 valence electrons. The predicted octanol–water partition coefficient (Wildman–Crippen LogP) is 1.18. The second kappa shape index (κ2) is 3.87. The van der Waals surface area contributed by atoms with Gasteiger partial charge in [-0.15, -0.1) is 0 Å². The fourth-order valence-electron chi connectivity index (χ4n) is 3.54. The fraction of sp³-hybridized carbons (Fsp3) is 0.562. The van der Waals surface area contributed by atoms with Crippen molar-refractivity contribution < 1.29 is 19.1 Å². The maximum absolute atomic E-state index is 12.3. The van der Waals surface area contributed by atoms with Crippen molar-refractivity contribution in [3.05, 3.63) is 23.5 Å². The van der Waals surface area contributed by atoms with E-state index in [0.717, 1.165) is 11.3 Å². The van der Waals surface area contributed by atoms with Gasteiger partial charge < -0.3 is 14.4 Å². The van der Waals surface area contributed by atoms with Crippen LogP contribution in [0.15, 0.2) is 28.5 Å². The highest BCUT2D eigenvalue weighted by molar-refractivity contribution is 6.40. The molecule has 0 aromatic rings. The zero-order valence-corrected chi connectivity index (χ0v) is 13.0. The molecule has 1 fully saturated rings. The number of esters is 1. The predicted molar refractivity (Wildman–Crippen MR) is 77.9 cm³/mol. The third-order valence-electron chi connectivity index (χ3n) is 4.39. The van der Waals surface area contributed by atoms with Crippen molar-refractivity contribution in [2.45, 2.75) is 45.1 Å². The van der Waals surface area contributed by atoms with E-state index >= 15 is 0 Å². The SMILES string of the molecule is CN1C=C2C(=O)C23C1=CCC1OC(C(=O)OC(C)(C)C)N=C13. The van der Waals surface area contributed by atoms with Crippen LogP contribution in [-0.2, 0) is 19.1 Å². The third-order valence-corrected chi connectivity index (χ3v) is 4.39. The van der Waals surface area contributed by atoms with Gasteiger partial charge in [-0.3, -0.25) is 4.79 Å². The van der Waals surface area contributed by atoms with Crippen LogP contribution in [0.3, 0.4) is 0 Å². The van der Waals surface area contributed by atoms with Crippen LogP contribution in [0.2, 0.25) is 0 Å². The first-order valence-corrected chi connectivity index (χ1v) is 7.42. The summed E-state index contributed by atoms with van der Waals surface area (Å²) in [5.41, 5.74) is 1.02. The van der Waals surface area contributed by atoms with Crippen LogP contribution in [0.1, 0.15) is 27.2 Å². The van der Waals surface area contributed by atoms with Crippen LogP contribution >= 0.6 is 0 Å². The Morgan fingerprint density at radius 1 is 1.50 bits per heavy atom. The van der Waals surface area contributed by atoms with Gasteiger partial charge >= 0.3 is 5.97 Å². The molecule has 22 heavy (non-hydrogen) atoms. The summed E-state index contributed by atoms with van der Waals surface area (Å²) in [6, 6.07) is 0. The minimum Gasteiger partial charge on any atom is -0.457 e. The average molecular weight is 302 g/mol. The van der Waals surface area contributed by atoms with Gasteiger partial charge in [0, 0.05) is 24.5 Å². The summed E-state index contributed by atoms with van der Waals surface area (Å²) < 4.78 is 11.1. The molecule has 1 spiro atoms. The number of nitrogens with zero attached hydrogens (tertiary/aromatic N) is 2. The molecule has 0 radical (unpaired) electrons. The van der Waals surface area contributed by atoms with Gasteiger partial charge in [0.25, 0.3) is 0 Å². The largest absolute Gasteiger partial charge is 0.457 e. The first-order chi connectivity index (χ1) is 10.2. The lowest BCUT2D eigenvalue weighted by Crippen LogP contribution is -2.37. The van der Waals surface area contributed by atoms with Gasteiger partial charge in [-0.1, -0.05) is 6.08 Å². The highest BCUT2D eigenvalue weighted by atomic mass is 16.6. The van der Waals surface area contributed by atoms with Gasteiger partial charge in [0.15, 0.2) is 5.78 Å². The summed E-state index contributed by atoms with van der Waals surface area (Å²) in [4.78, 5) is 30.8. The van der Waals surface area contributed by atoms with Crippen molar-refractivity contribution in [3.8, 4) is 0 Å². The fourth-order valence-corrected chi connectivity index (χ4v) is 3.54. The van der Waals surface area contributed by atoms with Gasteiger partial charge in [0.2, 0.25) is 6.23 Å². The molecule has 1 saturated carbocycles. The number of hydrogen-bond donors (Lipinski definition) is 0. The van der Waals surface area contributed by atoms with Crippen LogP contribution in [0.4, 0.5) is 0 Å². The number of ether oxygens (including phenoxy) is 2. The van der Waals surface area contributed by atoms with Crippen molar-refractivity contribution in [1.29, 1.82) is 0 Å². The first-order valence-electron chi connectivity index (χ1n) is 7.42. The van der Waals surface area contributed by atoms with Gasteiger partial charge in [-0.2, -0.15) is 0 Å². The maximum Gasteiger partial charge on any atom is 0.358 e. The Hall–Kier alpha value is -1.95. The van der Waals surface area contributed by atoms with Crippen LogP contribution < -0.4 is 0 Å². The molecule has 4 rings (SSSR count). The van der Waals surface area contributed by atoms with Gasteiger partial charge in [0.1, 0.15) is 17.1 Å². The molecule has 0 aromatic heterocycles. The molecule has 0 aromatic carbocycles. The van der Waals surface area contributed by atoms with E-state index in [2.05, 4.69) is 4.99 Å². The van der Waals surface area contributed by atoms with Crippen molar-refractivity contribution in [2.24, 2.45) is 10.4 Å². The number of carbonyl (C=O) groups excluding carboxylic acids is 2. The first kappa shape index (κ1) is 13.7. The number of rotatable bonds is 1. The molecule has 6 nitrogen and oxygen atoms in total. The highest BCUT2D eigenvalue weighted by Crippen LogP contribution is 2.62. The van der Waals surface area contributed by atoms with E-state index in [9.17, 15) is 9.59 Å². The number of hydrogen-bond acceptors (Lipinski definition) is 6. The molecule has 0 saturated heterocycles. The van der Waals surface area contributed by atoms with Gasteiger partial charge in [0.05, 0.1) is 5.71 Å². The zero-order chi connectivity index (χ0) is 15.9. The number of allylic oxidation sites excluding steroid dienone is 1. The quantitative estimate of drug-likeness (QED) is 0.680. The second-order valence-corrected chi connectivity index (χ2v) is 7.08. The second-order valence-electron chi connectivity index (χ2n) is 7.08. The molecular formula is C16H18N2O4. The van der Waals surface area contributed by atoms with Gasteiger partial charge in [-0.05, 0) is 27.2 Å². The number of carbonyl (C=O) groups is 2. The normalized spacial score (nSPS) is 35.2. The van der Waals surface area contributed by atoms with E-state index in [4.69, 9.17) is 9.47 Å². The van der Waals surface area contributed by atoms with Crippen molar-refractivity contribution >= 4 is 17.5 Å². The molecule has 0 bridgehead atoms. The molecule has 2 aliphatic carbocycles. The van der Waals surface area contributed by atoms with Crippen molar-refractivity contribution in [3.63, 3.8) is 0 Å². The number of aliphatic imine (C=N–C) groups is 1. The third kappa shape index (κ3) is 1.56. The molecule has 3 unspecified atom stereocenters. The highest BCUT2D eigenvalue weighted by Gasteiger charge is 2.73. The molecule has 6 heteroatoms. The summed E-state index contributed by atoms with van der Waals surface area (Å²) in [6.07, 6.45) is 3.19. The Balaban J connectivity index is 1.66. The van der Waals surface area contributed by atoms with Gasteiger partial charge in [-0.25, -0.2) is 9.79 Å². The van der Waals surface area contributed by atoms with E-state index in [1.807, 2.05) is 24.2 Å². The van der Waals surface area contributed by atoms with Crippen molar-refractivity contribution in [2.75, 3.05) is 7.05 Å². The Morgan fingerprint density at radius 2 is 2.23 bits per heavy atom. The Labute approximate surface area is 128 Å². The molecule has 0 N–H and O–H groups in total. The van der Waals surface area contributed by atoms with Crippen LogP contribution in [-0.4, -0.2) is 47.3 Å². The number of fused-ring (bicyclic) bond motifs is 1. The number of Topliss-reactive ketones (excluding diaryl/α,β-unsaturated/α-hetero) is 1. The standard InChI is InChI=1S/C16H18N2O4/c1-15(2,3)22-14(20)13-17-11-9(21-13)5-6-10-16(11)8(12(16)19)7-18(10)4/h6-7,9,13H,5H2,1-4H3. The van der Waals surface area contributed by atoms with E-state index in [1.54, 1.807) is 20.8 Å². The van der Waals surface area contributed by atoms with Crippen molar-refractivity contribution in [1.82, 2.24) is 4.90 Å². The van der Waals surface area contributed by atoms with Crippen LogP contribution in [0.25, 0.3) is 0 Å². The molecule has 2 heterocycles. The topological polar surface area (TPSA) is 68.2 Å². The minimum atomic E-state index is -0.970. The number of ketones is 1. The molecule has 4 aliphatic rings. The van der Waals surface area contributed by atoms with E-state index in [1.165, 1.54) is 0 Å². The van der Waals surface area contributed by atoms with Crippen LogP contribution in [0, 0.1) is 5.41 Å². The Bertz CT molecular complexity index is 697. The van der Waals surface area contributed by atoms with E-state index in [-0.39, 0.29) is 11.9 Å².